The van der Waals surface area contributed by atoms with E-state index in [-0.39, 0.29) is 35.8 Å². The molecule has 9 nitrogen and oxygen atoms in total. The average molecular weight is 580 g/mol. The van der Waals surface area contributed by atoms with Crippen molar-refractivity contribution in [2.75, 3.05) is 25.9 Å². The van der Waals surface area contributed by atoms with E-state index >= 15 is 4.39 Å². The maximum Gasteiger partial charge on any atom is 0.418 e. The van der Waals surface area contributed by atoms with Gasteiger partial charge in [-0.1, -0.05) is 6.07 Å². The molecule has 0 radical (unpaired) electrons. The molecule has 1 aromatic carbocycles. The molecule has 1 unspecified atom stereocenters. The molecular weight excluding hydrogens is 556 g/mol. The predicted octanol–water partition coefficient (Wildman–Crippen LogP) is 4.19. The number of hydrogen-bond donors (Lipinski definition) is 2. The van der Waals surface area contributed by atoms with Crippen LogP contribution in [0.1, 0.15) is 34.5 Å². The molecule has 4 aromatic rings. The molecule has 41 heavy (non-hydrogen) atoms. The number of amides is 1. The summed E-state index contributed by atoms with van der Waals surface area (Å²) in [5, 5.41) is 6.48. The molecule has 0 spiro atoms. The van der Waals surface area contributed by atoms with Gasteiger partial charge in [-0.15, -0.1) is 0 Å². The fourth-order valence-corrected chi connectivity index (χ4v) is 4.88. The Morgan fingerprint density at radius 3 is 2.59 bits per heavy atom. The molecule has 1 aliphatic rings. The monoisotopic (exact) mass is 579 g/mol. The quantitative estimate of drug-likeness (QED) is 0.330. The summed E-state index contributed by atoms with van der Waals surface area (Å²) >= 11 is 0. The lowest BCUT2D eigenvalue weighted by atomic mass is 10.1. The number of pyridine rings is 1. The molecule has 3 N–H and O–H groups in total. The first-order chi connectivity index (χ1) is 19.4. The predicted molar refractivity (Wildman–Crippen MR) is 135 cm³/mol. The minimum atomic E-state index is -4.77. The van der Waals surface area contributed by atoms with Crippen LogP contribution in [0.2, 0.25) is 0 Å². The van der Waals surface area contributed by atoms with Crippen LogP contribution in [0.4, 0.5) is 32.2 Å². The summed E-state index contributed by atoms with van der Waals surface area (Å²) in [6.45, 7) is 1.67. The lowest BCUT2D eigenvalue weighted by Gasteiger charge is -2.24. The molecule has 5 rings (SSSR count). The average Bonchev–Trinajstić information content (AvgIpc) is 3.51. The van der Waals surface area contributed by atoms with Crippen molar-refractivity contribution in [3.05, 3.63) is 71.2 Å². The van der Waals surface area contributed by atoms with Gasteiger partial charge in [0.2, 0.25) is 5.88 Å². The molecule has 1 amide bonds. The summed E-state index contributed by atoms with van der Waals surface area (Å²) in [6, 6.07) is 4.03. The number of nitrogens with zero attached hydrogens (tertiary/aromatic N) is 5. The van der Waals surface area contributed by atoms with Crippen LogP contribution in [0.3, 0.4) is 0 Å². The molecule has 216 valence electrons. The van der Waals surface area contributed by atoms with Gasteiger partial charge in [0.15, 0.2) is 17.5 Å². The first-order valence-corrected chi connectivity index (χ1v) is 12.3. The van der Waals surface area contributed by atoms with Crippen molar-refractivity contribution in [1.29, 1.82) is 0 Å². The third kappa shape index (κ3) is 5.24. The minimum absolute atomic E-state index is 0.0526. The lowest BCUT2D eigenvalue weighted by Crippen LogP contribution is -2.41. The highest BCUT2D eigenvalue weighted by Gasteiger charge is 2.38. The number of methoxy groups -OCH3 is 1. The summed E-state index contributed by atoms with van der Waals surface area (Å²) in [6.07, 6.45) is -4.08. The number of carbonyl (C=O) groups excluding carboxylic acids is 1. The van der Waals surface area contributed by atoms with Crippen molar-refractivity contribution in [2.24, 2.45) is 0 Å². The Morgan fingerprint density at radius 1 is 1.15 bits per heavy atom. The van der Waals surface area contributed by atoms with Gasteiger partial charge in [0.05, 0.1) is 24.4 Å². The van der Waals surface area contributed by atoms with Crippen molar-refractivity contribution < 1.29 is 35.9 Å². The van der Waals surface area contributed by atoms with Crippen molar-refractivity contribution in [2.45, 2.75) is 31.4 Å². The Bertz CT molecular complexity index is 1630. The number of alkyl halides is 4. The van der Waals surface area contributed by atoms with Crippen LogP contribution in [0.15, 0.2) is 42.9 Å². The second-order valence-corrected chi connectivity index (χ2v) is 9.53. The zero-order valence-electron chi connectivity index (χ0n) is 21.6. The third-order valence-electron chi connectivity index (χ3n) is 7.04. The summed E-state index contributed by atoms with van der Waals surface area (Å²) in [5.74, 6) is -3.34. The van der Waals surface area contributed by atoms with Gasteiger partial charge in [-0.25, -0.2) is 27.7 Å². The van der Waals surface area contributed by atoms with Gasteiger partial charge < -0.3 is 15.8 Å². The summed E-state index contributed by atoms with van der Waals surface area (Å²) in [4.78, 5) is 22.7. The van der Waals surface area contributed by atoms with Crippen molar-refractivity contribution in [1.82, 2.24) is 29.8 Å². The van der Waals surface area contributed by atoms with Crippen molar-refractivity contribution in [3.63, 3.8) is 0 Å². The van der Waals surface area contributed by atoms with Gasteiger partial charge in [-0.2, -0.15) is 18.3 Å². The SMILES string of the molecule is COc1ncc(-c2cc(C(F)(F)F)c3c(N)ncnn23)cc1C(=O)N[C@@H]1CN(C(C)c2ccc(F)c(F)c2)C[C@@H]1F. The molecule has 0 aliphatic carbocycles. The third-order valence-corrected chi connectivity index (χ3v) is 7.04. The van der Waals surface area contributed by atoms with E-state index in [4.69, 9.17) is 10.5 Å². The van der Waals surface area contributed by atoms with Crippen LogP contribution >= 0.6 is 0 Å². The molecular formula is C26H23F6N7O2. The van der Waals surface area contributed by atoms with E-state index < -0.39 is 58.9 Å². The molecule has 3 aromatic heterocycles. The smallest absolute Gasteiger partial charge is 0.418 e. The maximum absolute atomic E-state index is 15.0. The Morgan fingerprint density at radius 2 is 1.90 bits per heavy atom. The van der Waals surface area contributed by atoms with E-state index in [2.05, 4.69) is 20.4 Å². The number of fused-ring (bicyclic) bond motifs is 1. The van der Waals surface area contributed by atoms with Gasteiger partial charge in [-0.3, -0.25) is 9.69 Å². The number of anilines is 1. The number of carbonyl (C=O) groups is 1. The molecule has 0 bridgehead atoms. The summed E-state index contributed by atoms with van der Waals surface area (Å²) in [5.41, 5.74) is 4.46. The van der Waals surface area contributed by atoms with Gasteiger partial charge in [-0.05, 0) is 36.8 Å². The van der Waals surface area contributed by atoms with Gasteiger partial charge in [0.1, 0.15) is 23.6 Å². The number of aromatic nitrogens is 4. The van der Waals surface area contributed by atoms with E-state index in [1.54, 1.807) is 11.8 Å². The molecule has 15 heteroatoms. The van der Waals surface area contributed by atoms with Crippen LogP contribution < -0.4 is 15.8 Å². The van der Waals surface area contributed by atoms with E-state index in [1.807, 2.05) is 0 Å². The number of benzene rings is 1. The number of likely N-dealkylation sites (tertiary alicyclic amines) is 1. The number of rotatable bonds is 6. The van der Waals surface area contributed by atoms with Gasteiger partial charge >= 0.3 is 6.18 Å². The molecule has 3 atom stereocenters. The number of ether oxygens (including phenoxy) is 1. The maximum atomic E-state index is 15.0. The Labute approximate surface area is 228 Å². The minimum Gasteiger partial charge on any atom is -0.480 e. The molecule has 1 aliphatic heterocycles. The largest absolute Gasteiger partial charge is 0.480 e. The van der Waals surface area contributed by atoms with Gasteiger partial charge in [0.25, 0.3) is 5.91 Å². The van der Waals surface area contributed by atoms with Crippen LogP contribution in [0, 0.1) is 11.6 Å². The highest BCUT2D eigenvalue weighted by atomic mass is 19.4. The fraction of sp³-hybridized carbons (Fsp3) is 0.308. The Kier molecular flexibility index (Phi) is 7.23. The van der Waals surface area contributed by atoms with Crippen LogP contribution in [0.5, 0.6) is 5.88 Å². The number of halogens is 6. The molecule has 1 saturated heterocycles. The Balaban J connectivity index is 1.42. The van der Waals surface area contributed by atoms with E-state index in [0.29, 0.717) is 5.56 Å². The summed E-state index contributed by atoms with van der Waals surface area (Å²) in [7, 11) is 1.25. The second-order valence-electron chi connectivity index (χ2n) is 9.53. The first kappa shape index (κ1) is 28.1. The second kappa shape index (κ2) is 10.5. The summed E-state index contributed by atoms with van der Waals surface area (Å²) < 4.78 is 89.5. The Hall–Kier alpha value is -4.40. The molecule has 4 heterocycles. The topological polar surface area (TPSA) is 111 Å². The van der Waals surface area contributed by atoms with Crippen molar-refractivity contribution >= 4 is 17.2 Å². The first-order valence-electron chi connectivity index (χ1n) is 12.3. The standard InChI is InChI=1S/C26H23F6N7O2/c1-12(13-3-4-17(27)18(28)6-13)38-9-19(29)20(10-38)37-24(40)15-5-14(8-34-25(15)41-2)21-7-16(26(30,31)32)22-23(33)35-11-36-39(21)22/h3-8,11-12,19-20H,9-10H2,1-2H3,(H,37,40)(H2,33,35,36)/t12?,19-,20+/m0/s1. The van der Waals surface area contributed by atoms with E-state index in [9.17, 15) is 26.7 Å². The normalized spacial score (nSPS) is 18.5. The zero-order valence-corrected chi connectivity index (χ0v) is 21.6. The number of nitrogens with one attached hydrogen (secondary N) is 1. The lowest BCUT2D eigenvalue weighted by molar-refractivity contribution is -0.136. The highest BCUT2D eigenvalue weighted by molar-refractivity contribution is 5.98. The highest BCUT2D eigenvalue weighted by Crippen LogP contribution is 2.39. The van der Waals surface area contributed by atoms with Crippen LogP contribution in [-0.4, -0.2) is 62.8 Å². The van der Waals surface area contributed by atoms with Crippen molar-refractivity contribution in [3.8, 4) is 17.1 Å². The van der Waals surface area contributed by atoms with E-state index in [0.717, 1.165) is 29.0 Å². The number of hydrogen-bond acceptors (Lipinski definition) is 7. The molecule has 1 fully saturated rings. The number of nitrogens with two attached hydrogens (primary N) is 1. The fourth-order valence-electron chi connectivity index (χ4n) is 4.88. The number of nitrogen functional groups attached to an aromatic ring is 1. The molecule has 0 saturated carbocycles. The van der Waals surface area contributed by atoms with Crippen LogP contribution in [-0.2, 0) is 6.18 Å². The van der Waals surface area contributed by atoms with Crippen LogP contribution in [0.25, 0.3) is 16.8 Å². The zero-order chi connectivity index (χ0) is 29.6. The van der Waals surface area contributed by atoms with E-state index in [1.165, 1.54) is 25.4 Å². The van der Waals surface area contributed by atoms with Gasteiger partial charge in [0, 0.05) is 30.9 Å².